The van der Waals surface area contributed by atoms with Gasteiger partial charge in [-0.15, -0.1) is 0 Å². The first-order chi connectivity index (χ1) is 8.29. The molecule has 0 spiro atoms. The molecule has 86 valence electrons. The molecular weight excluding hydrogens is 206 g/mol. The van der Waals surface area contributed by atoms with Crippen LogP contribution >= 0.6 is 0 Å². The maximum atomic E-state index is 4.08. The number of allylic oxidation sites excluding steroid dienone is 5. The normalized spacial score (nSPS) is 23.0. The van der Waals surface area contributed by atoms with E-state index in [0.29, 0.717) is 0 Å². The van der Waals surface area contributed by atoms with Crippen molar-refractivity contribution in [2.45, 2.75) is 6.42 Å². The van der Waals surface area contributed by atoms with E-state index < -0.39 is 0 Å². The van der Waals surface area contributed by atoms with Crippen LogP contribution in [0.15, 0.2) is 73.0 Å². The Bertz CT molecular complexity index is 478. The van der Waals surface area contributed by atoms with Gasteiger partial charge in [-0.05, 0) is 18.1 Å². The Morgan fingerprint density at radius 1 is 1.12 bits per heavy atom. The van der Waals surface area contributed by atoms with Crippen LogP contribution in [0.4, 0.5) is 0 Å². The quantitative estimate of drug-likeness (QED) is 0.696. The molecule has 1 heteroatoms. The minimum Gasteiger partial charge on any atom is -0.345 e. The van der Waals surface area contributed by atoms with Crippen molar-refractivity contribution in [3.8, 4) is 0 Å². The smallest absolute Gasteiger partial charge is 0.0444 e. The molecule has 0 N–H and O–H groups in total. The second-order valence-electron chi connectivity index (χ2n) is 4.03. The summed E-state index contributed by atoms with van der Waals surface area (Å²) in [5.41, 5.74) is 3.42. The summed E-state index contributed by atoms with van der Waals surface area (Å²) < 4.78 is 0. The van der Waals surface area contributed by atoms with Crippen LogP contribution in [-0.4, -0.2) is 11.9 Å². The molecule has 0 saturated heterocycles. The van der Waals surface area contributed by atoms with Gasteiger partial charge in [0.15, 0.2) is 0 Å². The lowest BCUT2D eigenvalue weighted by Crippen LogP contribution is -2.14. The first-order valence-electron chi connectivity index (χ1n) is 5.80. The van der Waals surface area contributed by atoms with Crippen LogP contribution in [0, 0.1) is 0 Å². The van der Waals surface area contributed by atoms with Crippen molar-refractivity contribution in [2.75, 3.05) is 7.05 Å². The Morgan fingerprint density at radius 3 is 2.65 bits per heavy atom. The topological polar surface area (TPSA) is 3.24 Å². The maximum absolute atomic E-state index is 4.08. The molecule has 0 saturated carbocycles. The molecule has 1 aromatic rings. The van der Waals surface area contributed by atoms with Gasteiger partial charge in [0.1, 0.15) is 0 Å². The van der Waals surface area contributed by atoms with Crippen LogP contribution in [0.25, 0.3) is 5.70 Å². The van der Waals surface area contributed by atoms with Crippen LogP contribution in [0.1, 0.15) is 12.0 Å². The van der Waals surface area contributed by atoms with Gasteiger partial charge in [-0.3, -0.25) is 0 Å². The fourth-order valence-electron chi connectivity index (χ4n) is 1.83. The first kappa shape index (κ1) is 11.5. The van der Waals surface area contributed by atoms with E-state index in [0.717, 1.165) is 12.1 Å². The van der Waals surface area contributed by atoms with Gasteiger partial charge < -0.3 is 4.90 Å². The molecule has 0 amide bonds. The second-order valence-corrected chi connectivity index (χ2v) is 4.03. The van der Waals surface area contributed by atoms with Crippen LogP contribution in [0.3, 0.4) is 0 Å². The lowest BCUT2D eigenvalue weighted by molar-refractivity contribution is 0.618. The largest absolute Gasteiger partial charge is 0.345 e. The monoisotopic (exact) mass is 223 g/mol. The summed E-state index contributed by atoms with van der Waals surface area (Å²) in [6, 6.07) is 10.4. The number of hydrogen-bond donors (Lipinski definition) is 0. The number of hydrogen-bond acceptors (Lipinski definition) is 1. The Kier molecular flexibility index (Phi) is 3.61. The predicted octanol–water partition coefficient (Wildman–Crippen LogP) is 3.99. The maximum Gasteiger partial charge on any atom is 0.0444 e. The van der Waals surface area contributed by atoms with Gasteiger partial charge in [-0.25, -0.2) is 0 Å². The zero-order valence-corrected chi connectivity index (χ0v) is 10.1. The Labute approximate surface area is 103 Å². The minimum atomic E-state index is 0.937. The second kappa shape index (κ2) is 5.35. The lowest BCUT2D eigenvalue weighted by Gasteiger charge is -2.23. The molecule has 1 aliphatic rings. The van der Waals surface area contributed by atoms with E-state index in [1.807, 2.05) is 18.2 Å². The summed E-state index contributed by atoms with van der Waals surface area (Å²) in [7, 11) is 2.05. The van der Waals surface area contributed by atoms with Gasteiger partial charge in [0.25, 0.3) is 0 Å². The van der Waals surface area contributed by atoms with Crippen molar-refractivity contribution in [1.82, 2.24) is 4.90 Å². The third-order valence-electron chi connectivity index (χ3n) is 2.84. The third kappa shape index (κ3) is 2.76. The van der Waals surface area contributed by atoms with Crippen molar-refractivity contribution in [3.05, 3.63) is 78.6 Å². The summed E-state index contributed by atoms with van der Waals surface area (Å²) in [5.74, 6) is 0. The number of likely N-dealkylation sites (N-methyl/N-ethyl adjacent to an activating group) is 1. The number of rotatable bonds is 1. The van der Waals surface area contributed by atoms with E-state index in [2.05, 4.69) is 61.0 Å². The highest BCUT2D eigenvalue weighted by Crippen LogP contribution is 2.23. The lowest BCUT2D eigenvalue weighted by atomic mass is 10.1. The SMILES string of the molecule is C=C1/C=C\C=C/C/C=C(/c2ccccc2)N1C. The molecule has 1 nitrogen and oxygen atoms in total. The Hall–Kier alpha value is -2.02. The van der Waals surface area contributed by atoms with Gasteiger partial charge in [-0.2, -0.15) is 0 Å². The standard InChI is InChI=1S/C16H17N/c1-14-10-6-3-4-9-13-16(17(14)2)15-11-7-5-8-12-15/h3-8,10-13H,1,9H2,2H3/b4-3-,10-6-,16-13-. The van der Waals surface area contributed by atoms with Crippen LogP contribution in [0.2, 0.25) is 0 Å². The van der Waals surface area contributed by atoms with Gasteiger partial charge in [0.2, 0.25) is 0 Å². The molecule has 0 aliphatic carbocycles. The molecule has 1 heterocycles. The molecule has 17 heavy (non-hydrogen) atoms. The zero-order valence-electron chi connectivity index (χ0n) is 10.1. The molecule has 0 aromatic heterocycles. The van der Waals surface area contributed by atoms with Crippen molar-refractivity contribution in [1.29, 1.82) is 0 Å². The highest BCUT2D eigenvalue weighted by atomic mass is 15.1. The fraction of sp³-hybridized carbons (Fsp3) is 0.125. The predicted molar refractivity (Wildman–Crippen MR) is 74.2 cm³/mol. The zero-order chi connectivity index (χ0) is 12.1. The van der Waals surface area contributed by atoms with Crippen molar-refractivity contribution in [2.24, 2.45) is 0 Å². The van der Waals surface area contributed by atoms with Crippen LogP contribution < -0.4 is 0 Å². The third-order valence-corrected chi connectivity index (χ3v) is 2.84. The highest BCUT2D eigenvalue weighted by molar-refractivity contribution is 5.66. The van der Waals surface area contributed by atoms with E-state index in [9.17, 15) is 0 Å². The summed E-state index contributed by atoms with van der Waals surface area (Å²) in [6.45, 7) is 4.08. The van der Waals surface area contributed by atoms with E-state index in [-0.39, 0.29) is 0 Å². The van der Waals surface area contributed by atoms with Crippen molar-refractivity contribution < 1.29 is 0 Å². The molecule has 0 radical (unpaired) electrons. The molecule has 0 unspecified atom stereocenters. The van der Waals surface area contributed by atoms with Crippen LogP contribution in [0.5, 0.6) is 0 Å². The Balaban J connectivity index is 2.39. The van der Waals surface area contributed by atoms with Crippen molar-refractivity contribution >= 4 is 5.70 Å². The van der Waals surface area contributed by atoms with Gasteiger partial charge in [0.05, 0.1) is 0 Å². The minimum absolute atomic E-state index is 0.937. The van der Waals surface area contributed by atoms with E-state index >= 15 is 0 Å². The molecular formula is C16H17N. The molecule has 0 atom stereocenters. The number of nitrogens with zero attached hydrogens (tertiary/aromatic N) is 1. The average molecular weight is 223 g/mol. The van der Waals surface area contributed by atoms with Crippen molar-refractivity contribution in [3.63, 3.8) is 0 Å². The average Bonchev–Trinajstić information content (AvgIpc) is 2.44. The molecule has 0 bridgehead atoms. The van der Waals surface area contributed by atoms with Gasteiger partial charge in [-0.1, -0.05) is 61.2 Å². The highest BCUT2D eigenvalue weighted by Gasteiger charge is 2.08. The van der Waals surface area contributed by atoms with E-state index in [4.69, 9.17) is 0 Å². The Morgan fingerprint density at radius 2 is 1.88 bits per heavy atom. The molecule has 1 aliphatic heterocycles. The summed E-state index contributed by atoms with van der Waals surface area (Å²) >= 11 is 0. The molecule has 2 rings (SSSR count). The van der Waals surface area contributed by atoms with Gasteiger partial charge in [0, 0.05) is 18.4 Å². The van der Waals surface area contributed by atoms with E-state index in [1.54, 1.807) is 0 Å². The van der Waals surface area contributed by atoms with Crippen LogP contribution in [-0.2, 0) is 0 Å². The summed E-state index contributed by atoms with van der Waals surface area (Å²) in [4.78, 5) is 2.12. The molecule has 0 fully saturated rings. The fourth-order valence-corrected chi connectivity index (χ4v) is 1.83. The van der Waals surface area contributed by atoms with E-state index in [1.165, 1.54) is 11.3 Å². The first-order valence-corrected chi connectivity index (χ1v) is 5.80. The van der Waals surface area contributed by atoms with Gasteiger partial charge >= 0.3 is 0 Å². The number of benzene rings is 1. The summed E-state index contributed by atoms with van der Waals surface area (Å²) in [6.07, 6.45) is 11.4. The summed E-state index contributed by atoms with van der Waals surface area (Å²) in [5, 5.41) is 0. The molecule has 1 aromatic carbocycles.